The highest BCUT2D eigenvalue weighted by molar-refractivity contribution is 9.10. The van der Waals surface area contributed by atoms with Gasteiger partial charge in [0.25, 0.3) is 0 Å². The van der Waals surface area contributed by atoms with Gasteiger partial charge in [-0.25, -0.2) is 8.42 Å². The van der Waals surface area contributed by atoms with Crippen molar-refractivity contribution < 1.29 is 8.42 Å². The summed E-state index contributed by atoms with van der Waals surface area (Å²) in [6.07, 6.45) is 0.409. The van der Waals surface area contributed by atoms with Crippen molar-refractivity contribution in [3.63, 3.8) is 0 Å². The molecule has 0 atom stereocenters. The van der Waals surface area contributed by atoms with E-state index in [1.807, 2.05) is 24.3 Å². The molecule has 0 heterocycles. The molecule has 0 aliphatic heterocycles. The number of hydrogen-bond acceptors (Lipinski definition) is 2. The van der Waals surface area contributed by atoms with E-state index in [0.29, 0.717) is 6.42 Å². The Kier molecular flexibility index (Phi) is 3.85. The molecule has 1 aromatic carbocycles. The van der Waals surface area contributed by atoms with E-state index in [0.717, 1.165) is 10.0 Å². The lowest BCUT2D eigenvalue weighted by molar-refractivity contribution is 0.559. The van der Waals surface area contributed by atoms with Crippen LogP contribution in [0, 0.1) is 0 Å². The number of benzene rings is 1. The molecule has 0 spiro atoms. The Morgan fingerprint density at radius 3 is 2.13 bits per heavy atom. The van der Waals surface area contributed by atoms with E-state index in [4.69, 9.17) is 10.7 Å². The Morgan fingerprint density at radius 1 is 1.27 bits per heavy atom. The standard InChI is InChI=1S/C10H12BrClO2S/c1-10(2,15(12,13)14)7-8-3-5-9(11)6-4-8/h3-6H,7H2,1-2H3. The molecule has 1 aromatic rings. The first-order chi connectivity index (χ1) is 6.72. The first-order valence-corrected chi connectivity index (χ1v) is 7.51. The van der Waals surface area contributed by atoms with Crippen molar-refractivity contribution in [1.29, 1.82) is 0 Å². The second kappa shape index (κ2) is 4.44. The maximum Gasteiger partial charge on any atom is 0.238 e. The highest BCUT2D eigenvalue weighted by atomic mass is 79.9. The van der Waals surface area contributed by atoms with Gasteiger partial charge in [-0.1, -0.05) is 28.1 Å². The minimum atomic E-state index is -3.55. The van der Waals surface area contributed by atoms with E-state index in [2.05, 4.69) is 15.9 Å². The van der Waals surface area contributed by atoms with Crippen LogP contribution >= 0.6 is 26.6 Å². The first kappa shape index (κ1) is 13.0. The fraction of sp³-hybridized carbons (Fsp3) is 0.400. The molecule has 0 aliphatic carbocycles. The van der Waals surface area contributed by atoms with Crippen LogP contribution in [0.5, 0.6) is 0 Å². The molecule has 0 aliphatic rings. The molecular weight excluding hydrogens is 300 g/mol. The average Bonchev–Trinajstić information content (AvgIpc) is 2.06. The topological polar surface area (TPSA) is 34.1 Å². The lowest BCUT2D eigenvalue weighted by atomic mass is 10.0. The highest BCUT2D eigenvalue weighted by Crippen LogP contribution is 2.25. The molecule has 0 unspecified atom stereocenters. The summed E-state index contributed by atoms with van der Waals surface area (Å²) in [5.41, 5.74) is 0.951. The summed E-state index contributed by atoms with van der Waals surface area (Å²) in [6, 6.07) is 7.53. The zero-order chi connectivity index (χ0) is 11.7. The normalized spacial score (nSPS) is 12.8. The van der Waals surface area contributed by atoms with Gasteiger partial charge >= 0.3 is 0 Å². The van der Waals surface area contributed by atoms with Crippen molar-refractivity contribution in [2.45, 2.75) is 25.0 Å². The second-order valence-corrected chi connectivity index (χ2v) is 8.12. The number of hydrogen-bond donors (Lipinski definition) is 0. The third-order valence-electron chi connectivity index (χ3n) is 2.20. The van der Waals surface area contributed by atoms with Crippen LogP contribution in [-0.2, 0) is 15.5 Å². The minimum Gasteiger partial charge on any atom is -0.212 e. The first-order valence-electron chi connectivity index (χ1n) is 4.41. The van der Waals surface area contributed by atoms with Gasteiger partial charge in [0.2, 0.25) is 9.05 Å². The lowest BCUT2D eigenvalue weighted by Gasteiger charge is -2.20. The summed E-state index contributed by atoms with van der Waals surface area (Å²) in [6.45, 7) is 3.24. The maximum absolute atomic E-state index is 11.3. The third kappa shape index (κ3) is 3.47. The minimum absolute atomic E-state index is 0.409. The van der Waals surface area contributed by atoms with Crippen molar-refractivity contribution in [3.8, 4) is 0 Å². The molecular formula is C10H12BrClO2S. The quantitative estimate of drug-likeness (QED) is 0.802. The molecule has 15 heavy (non-hydrogen) atoms. The largest absolute Gasteiger partial charge is 0.238 e. The van der Waals surface area contributed by atoms with Gasteiger partial charge in [-0.15, -0.1) is 0 Å². The zero-order valence-electron chi connectivity index (χ0n) is 8.50. The summed E-state index contributed by atoms with van der Waals surface area (Å²) >= 11 is 3.32. The van der Waals surface area contributed by atoms with Crippen LogP contribution in [0.1, 0.15) is 19.4 Å². The lowest BCUT2D eigenvalue weighted by Crippen LogP contribution is -2.30. The third-order valence-corrected chi connectivity index (χ3v) is 5.45. The van der Waals surface area contributed by atoms with Gasteiger partial charge in [0.05, 0.1) is 4.75 Å². The average molecular weight is 312 g/mol. The summed E-state index contributed by atoms with van der Waals surface area (Å²) < 4.78 is 22.6. The summed E-state index contributed by atoms with van der Waals surface area (Å²) in [4.78, 5) is 0. The van der Waals surface area contributed by atoms with Crippen LogP contribution in [0.25, 0.3) is 0 Å². The van der Waals surface area contributed by atoms with Crippen LogP contribution in [0.2, 0.25) is 0 Å². The monoisotopic (exact) mass is 310 g/mol. The fourth-order valence-corrected chi connectivity index (χ4v) is 1.95. The SMILES string of the molecule is CC(C)(Cc1ccc(Br)cc1)S(=O)(=O)Cl. The Bertz CT molecular complexity index is 437. The van der Waals surface area contributed by atoms with Crippen molar-refractivity contribution in [2.75, 3.05) is 0 Å². The Hall–Kier alpha value is -0.0600. The van der Waals surface area contributed by atoms with Crippen LogP contribution in [-0.4, -0.2) is 13.2 Å². The summed E-state index contributed by atoms with van der Waals surface area (Å²) in [7, 11) is 1.82. The molecule has 0 saturated heterocycles. The van der Waals surface area contributed by atoms with Crippen molar-refractivity contribution >= 4 is 35.7 Å². The Balaban J connectivity index is 2.92. The summed E-state index contributed by atoms with van der Waals surface area (Å²) in [5.74, 6) is 0. The molecule has 0 fully saturated rings. The highest BCUT2D eigenvalue weighted by Gasteiger charge is 2.32. The predicted octanol–water partition coefficient (Wildman–Crippen LogP) is 3.34. The van der Waals surface area contributed by atoms with E-state index in [9.17, 15) is 8.42 Å². The fourth-order valence-electron chi connectivity index (χ4n) is 1.18. The van der Waals surface area contributed by atoms with E-state index in [-0.39, 0.29) is 0 Å². The Morgan fingerprint density at radius 2 is 1.73 bits per heavy atom. The predicted molar refractivity (Wildman–Crippen MR) is 66.7 cm³/mol. The van der Waals surface area contributed by atoms with Gasteiger partial charge in [-0.3, -0.25) is 0 Å². The smallest absolute Gasteiger partial charge is 0.212 e. The van der Waals surface area contributed by atoms with Gasteiger partial charge in [0, 0.05) is 15.2 Å². The van der Waals surface area contributed by atoms with E-state index >= 15 is 0 Å². The van der Waals surface area contributed by atoms with Crippen molar-refractivity contribution in [3.05, 3.63) is 34.3 Å². The molecule has 0 bridgehead atoms. The molecule has 0 radical (unpaired) electrons. The van der Waals surface area contributed by atoms with Gasteiger partial charge in [-0.05, 0) is 38.0 Å². The maximum atomic E-state index is 11.3. The summed E-state index contributed by atoms with van der Waals surface area (Å²) in [5, 5.41) is 0. The van der Waals surface area contributed by atoms with Gasteiger partial charge in [0.15, 0.2) is 0 Å². The molecule has 2 nitrogen and oxygen atoms in total. The van der Waals surface area contributed by atoms with Gasteiger partial charge in [-0.2, -0.15) is 0 Å². The van der Waals surface area contributed by atoms with Crippen molar-refractivity contribution in [1.82, 2.24) is 0 Å². The van der Waals surface area contributed by atoms with E-state index < -0.39 is 13.8 Å². The van der Waals surface area contributed by atoms with Crippen LogP contribution in [0.3, 0.4) is 0 Å². The van der Waals surface area contributed by atoms with Gasteiger partial charge < -0.3 is 0 Å². The molecule has 0 N–H and O–H groups in total. The zero-order valence-corrected chi connectivity index (χ0v) is 11.7. The van der Waals surface area contributed by atoms with Crippen LogP contribution < -0.4 is 0 Å². The van der Waals surface area contributed by atoms with E-state index in [1.54, 1.807) is 13.8 Å². The second-order valence-electron chi connectivity index (χ2n) is 4.00. The van der Waals surface area contributed by atoms with Crippen LogP contribution in [0.15, 0.2) is 28.7 Å². The molecule has 0 saturated carbocycles. The van der Waals surface area contributed by atoms with Crippen molar-refractivity contribution in [2.24, 2.45) is 0 Å². The van der Waals surface area contributed by atoms with Gasteiger partial charge in [0.1, 0.15) is 0 Å². The molecule has 1 rings (SSSR count). The molecule has 0 amide bonds. The van der Waals surface area contributed by atoms with Crippen LogP contribution in [0.4, 0.5) is 0 Å². The molecule has 84 valence electrons. The molecule has 5 heteroatoms. The molecule has 0 aromatic heterocycles. The Labute approximate surface area is 103 Å². The number of rotatable bonds is 3. The van der Waals surface area contributed by atoms with E-state index in [1.165, 1.54) is 0 Å². The number of halogens is 2.